The standard InChI is InChI=1S/C43H38F5N3O7S/c44-36-37(45)39(47)41(40(48)38(36)46)59(54,55)51-20-17-34(51)43(53)50(24-27-11-13-30(14-12-27)31-18-21-56-22-19-31)32-15-16-33(35(23-32)57-25-28-7-3-1-4-8-28)42(52)49-58-26-29-9-5-2-6-10-29/h1-16,23,31,34H,17-22,24-26H2,(H,49,52). The van der Waals surface area contributed by atoms with Crippen molar-refractivity contribution in [3.8, 4) is 5.75 Å². The number of hydroxylamine groups is 1. The molecular weight excluding hydrogens is 798 g/mol. The van der Waals surface area contributed by atoms with Crippen LogP contribution < -0.4 is 15.1 Å². The van der Waals surface area contributed by atoms with Crippen LogP contribution in [0.1, 0.15) is 57.8 Å². The van der Waals surface area contributed by atoms with Gasteiger partial charge in [0.05, 0.1) is 18.7 Å². The molecule has 0 aliphatic carbocycles. The molecule has 2 amide bonds. The number of carbonyl (C=O) groups excluding carboxylic acids is 2. The van der Waals surface area contributed by atoms with E-state index >= 15 is 0 Å². The number of nitrogens with one attached hydrogen (secondary N) is 1. The third kappa shape index (κ3) is 9.00. The van der Waals surface area contributed by atoms with Gasteiger partial charge in [-0.15, -0.1) is 0 Å². The molecule has 1 unspecified atom stereocenters. The van der Waals surface area contributed by atoms with Crippen LogP contribution in [0.2, 0.25) is 0 Å². The lowest BCUT2D eigenvalue weighted by atomic mass is 9.91. The van der Waals surface area contributed by atoms with Gasteiger partial charge in [0.1, 0.15) is 18.4 Å². The Labute approximate surface area is 337 Å². The van der Waals surface area contributed by atoms with Gasteiger partial charge in [-0.1, -0.05) is 84.9 Å². The minimum atomic E-state index is -5.43. The molecule has 2 heterocycles. The van der Waals surface area contributed by atoms with Crippen LogP contribution in [-0.2, 0) is 44.2 Å². The van der Waals surface area contributed by atoms with Gasteiger partial charge in [-0.05, 0) is 59.6 Å². The summed E-state index contributed by atoms with van der Waals surface area (Å²) in [5.41, 5.74) is 5.82. The maximum atomic E-state index is 14.8. The fourth-order valence-electron chi connectivity index (χ4n) is 6.95. The summed E-state index contributed by atoms with van der Waals surface area (Å²) in [5.74, 6) is -13.7. The lowest BCUT2D eigenvalue weighted by Crippen LogP contribution is -2.59. The van der Waals surface area contributed by atoms with E-state index in [2.05, 4.69) is 5.48 Å². The topological polar surface area (TPSA) is 114 Å². The number of hydrogen-bond donors (Lipinski definition) is 1. The van der Waals surface area contributed by atoms with Crippen molar-refractivity contribution in [1.29, 1.82) is 0 Å². The third-order valence-electron chi connectivity index (χ3n) is 10.3. The number of ether oxygens (including phenoxy) is 2. The highest BCUT2D eigenvalue weighted by atomic mass is 32.2. The van der Waals surface area contributed by atoms with E-state index in [1.54, 1.807) is 12.1 Å². The number of carbonyl (C=O) groups is 2. The summed E-state index contributed by atoms with van der Waals surface area (Å²) in [4.78, 5) is 32.7. The Morgan fingerprint density at radius 3 is 1.92 bits per heavy atom. The second-order valence-electron chi connectivity index (χ2n) is 14.0. The Kier molecular flexibility index (Phi) is 12.7. The first-order chi connectivity index (χ1) is 28.4. The Morgan fingerprint density at radius 2 is 1.32 bits per heavy atom. The molecule has 308 valence electrons. The van der Waals surface area contributed by atoms with Gasteiger partial charge in [0.15, 0.2) is 28.2 Å². The summed E-state index contributed by atoms with van der Waals surface area (Å²) in [7, 11) is -5.43. The molecule has 16 heteroatoms. The second kappa shape index (κ2) is 18.1. The molecule has 59 heavy (non-hydrogen) atoms. The van der Waals surface area contributed by atoms with E-state index in [-0.39, 0.29) is 49.1 Å². The van der Waals surface area contributed by atoms with Crippen LogP contribution in [0.5, 0.6) is 5.75 Å². The molecule has 2 aliphatic rings. The minimum Gasteiger partial charge on any atom is -0.488 e. The van der Waals surface area contributed by atoms with Gasteiger partial charge in [-0.25, -0.2) is 35.8 Å². The summed E-state index contributed by atoms with van der Waals surface area (Å²) >= 11 is 0. The van der Waals surface area contributed by atoms with Crippen LogP contribution in [0.15, 0.2) is 108 Å². The van der Waals surface area contributed by atoms with Crippen molar-refractivity contribution in [3.63, 3.8) is 0 Å². The second-order valence-corrected chi connectivity index (χ2v) is 15.9. The number of rotatable bonds is 14. The molecule has 0 radical (unpaired) electrons. The zero-order valence-corrected chi connectivity index (χ0v) is 32.2. The van der Waals surface area contributed by atoms with Gasteiger partial charge in [0.25, 0.3) is 5.91 Å². The Balaban J connectivity index is 1.23. The van der Waals surface area contributed by atoms with Crippen molar-refractivity contribution in [2.24, 2.45) is 0 Å². The van der Waals surface area contributed by atoms with Crippen LogP contribution in [-0.4, -0.2) is 50.3 Å². The van der Waals surface area contributed by atoms with Crippen molar-refractivity contribution in [2.75, 3.05) is 24.7 Å². The Morgan fingerprint density at radius 1 is 0.729 bits per heavy atom. The highest BCUT2D eigenvalue weighted by molar-refractivity contribution is 7.89. The largest absolute Gasteiger partial charge is 0.488 e. The van der Waals surface area contributed by atoms with Gasteiger partial charge in [-0.2, -0.15) is 4.31 Å². The number of anilines is 1. The number of halogens is 5. The normalized spacial score (nSPS) is 16.0. The van der Waals surface area contributed by atoms with Crippen LogP contribution >= 0.6 is 0 Å². The maximum Gasteiger partial charge on any atom is 0.278 e. The lowest BCUT2D eigenvalue weighted by Gasteiger charge is -2.41. The number of amides is 2. The zero-order valence-electron chi connectivity index (χ0n) is 31.4. The Bertz CT molecular complexity index is 2390. The van der Waals surface area contributed by atoms with Gasteiger partial charge >= 0.3 is 0 Å². The van der Waals surface area contributed by atoms with Gasteiger partial charge in [0, 0.05) is 31.5 Å². The molecule has 5 aromatic carbocycles. The molecule has 1 atom stereocenters. The molecular formula is C43H38F5N3O7S. The average Bonchev–Trinajstić information content (AvgIpc) is 3.24. The monoisotopic (exact) mass is 835 g/mol. The lowest BCUT2D eigenvalue weighted by molar-refractivity contribution is -0.125. The summed E-state index contributed by atoms with van der Waals surface area (Å²) in [6, 6.07) is 28.3. The third-order valence-corrected chi connectivity index (χ3v) is 12.2. The van der Waals surface area contributed by atoms with E-state index in [1.165, 1.54) is 23.1 Å². The number of nitrogens with zero attached hydrogens (tertiary/aromatic N) is 2. The first kappa shape index (κ1) is 41.5. The van der Waals surface area contributed by atoms with Gasteiger partial charge < -0.3 is 14.4 Å². The molecule has 10 nitrogen and oxygen atoms in total. The number of benzene rings is 5. The zero-order chi connectivity index (χ0) is 41.7. The van der Waals surface area contributed by atoms with Crippen molar-refractivity contribution < 1.29 is 54.3 Å². The number of sulfonamides is 1. The average molecular weight is 836 g/mol. The molecule has 0 saturated carbocycles. The van der Waals surface area contributed by atoms with E-state index in [0.717, 1.165) is 29.5 Å². The van der Waals surface area contributed by atoms with Crippen molar-refractivity contribution in [3.05, 3.63) is 160 Å². The maximum absolute atomic E-state index is 14.8. The summed E-state index contributed by atoms with van der Waals surface area (Å²) in [6.45, 7) is 0.730. The summed E-state index contributed by atoms with van der Waals surface area (Å²) in [6.07, 6.45) is 1.53. The van der Waals surface area contributed by atoms with E-state index in [4.69, 9.17) is 14.3 Å². The Hall–Kier alpha value is -5.68. The van der Waals surface area contributed by atoms with Gasteiger partial charge in [-0.3, -0.25) is 14.4 Å². The molecule has 2 fully saturated rings. The van der Waals surface area contributed by atoms with Crippen molar-refractivity contribution >= 4 is 27.5 Å². The molecule has 0 bridgehead atoms. The molecule has 2 aliphatic heterocycles. The molecule has 1 N–H and O–H groups in total. The van der Waals surface area contributed by atoms with Gasteiger partial charge in [0.2, 0.25) is 21.7 Å². The molecule has 7 rings (SSSR count). The van der Waals surface area contributed by atoms with Crippen molar-refractivity contribution in [1.82, 2.24) is 9.79 Å². The summed E-state index contributed by atoms with van der Waals surface area (Å²) < 4.78 is 111. The quantitative estimate of drug-likeness (QED) is 0.0528. The predicted octanol–water partition coefficient (Wildman–Crippen LogP) is 7.71. The van der Waals surface area contributed by atoms with Crippen LogP contribution in [0.4, 0.5) is 27.6 Å². The molecule has 2 saturated heterocycles. The fourth-order valence-corrected chi connectivity index (χ4v) is 8.69. The van der Waals surface area contributed by atoms with E-state index in [1.807, 2.05) is 72.8 Å². The SMILES string of the molecule is O=C(NOCc1ccccc1)c1ccc(N(Cc2ccc(C3CCOCC3)cc2)C(=O)C2CCN2S(=O)(=O)c2c(F)c(F)c(F)c(F)c2F)cc1OCc1ccccc1. The fraction of sp³-hybridized carbons (Fsp3) is 0.256. The van der Waals surface area contributed by atoms with Crippen LogP contribution in [0.25, 0.3) is 0 Å². The van der Waals surface area contributed by atoms with Crippen molar-refractivity contribution in [2.45, 2.75) is 55.9 Å². The van der Waals surface area contributed by atoms with E-state index in [0.29, 0.717) is 23.1 Å². The van der Waals surface area contributed by atoms with E-state index < -0.39 is 68.4 Å². The smallest absolute Gasteiger partial charge is 0.278 e. The van der Waals surface area contributed by atoms with Crippen LogP contribution in [0, 0.1) is 29.1 Å². The number of hydrogen-bond acceptors (Lipinski definition) is 7. The first-order valence-corrected chi connectivity index (χ1v) is 20.2. The highest BCUT2D eigenvalue weighted by Crippen LogP contribution is 2.36. The predicted molar refractivity (Wildman–Crippen MR) is 205 cm³/mol. The van der Waals surface area contributed by atoms with E-state index in [9.17, 15) is 40.0 Å². The molecule has 0 aromatic heterocycles. The first-order valence-electron chi connectivity index (χ1n) is 18.7. The molecule has 0 spiro atoms. The highest BCUT2D eigenvalue weighted by Gasteiger charge is 2.48. The van der Waals surface area contributed by atoms with Crippen LogP contribution in [0.3, 0.4) is 0 Å². The summed E-state index contributed by atoms with van der Waals surface area (Å²) in [5, 5.41) is 0. The minimum absolute atomic E-state index is 0.00756. The molecule has 5 aromatic rings.